The van der Waals surface area contributed by atoms with Gasteiger partial charge in [0.05, 0.1) is 0 Å². The van der Waals surface area contributed by atoms with E-state index in [1.54, 1.807) is 15.3 Å². The van der Waals surface area contributed by atoms with Gasteiger partial charge in [-0.15, -0.1) is 11.3 Å². The molecule has 1 nitrogen and oxygen atoms in total. The van der Waals surface area contributed by atoms with E-state index < -0.39 is 0 Å². The predicted molar refractivity (Wildman–Crippen MR) is 67.7 cm³/mol. The Hall–Kier alpha value is -0.340. The number of hydrogen-bond donors (Lipinski definition) is 1. The molecule has 1 N–H and O–H groups in total. The van der Waals surface area contributed by atoms with Crippen LogP contribution in [-0.2, 0) is 12.8 Å². The van der Waals surface area contributed by atoms with E-state index in [9.17, 15) is 0 Å². The Labute approximate surface area is 96.9 Å². The fourth-order valence-electron chi connectivity index (χ4n) is 2.36. The molecule has 1 unspecified atom stereocenters. The Morgan fingerprint density at radius 2 is 2.33 bits per heavy atom. The fourth-order valence-corrected chi connectivity index (χ4v) is 3.76. The molecule has 0 bridgehead atoms. The minimum atomic E-state index is 0.598. The highest BCUT2D eigenvalue weighted by atomic mass is 32.1. The van der Waals surface area contributed by atoms with Crippen molar-refractivity contribution >= 4 is 11.3 Å². The molecule has 1 aromatic rings. The number of rotatable bonds is 5. The average Bonchev–Trinajstić information content (AvgIpc) is 2.79. The Balaban J connectivity index is 2.06. The first kappa shape index (κ1) is 11.2. The maximum absolute atomic E-state index is 3.45. The van der Waals surface area contributed by atoms with Crippen LogP contribution in [0.5, 0.6) is 0 Å². The van der Waals surface area contributed by atoms with Crippen LogP contribution in [0.4, 0.5) is 0 Å². The van der Waals surface area contributed by atoms with Crippen LogP contribution < -0.4 is 5.32 Å². The van der Waals surface area contributed by atoms with Crippen molar-refractivity contribution in [3.63, 3.8) is 0 Å². The molecule has 2 heteroatoms. The second-order valence-corrected chi connectivity index (χ2v) is 5.60. The van der Waals surface area contributed by atoms with Crippen LogP contribution in [0.15, 0.2) is 6.07 Å². The number of thiophene rings is 1. The van der Waals surface area contributed by atoms with E-state index in [0.29, 0.717) is 6.04 Å². The summed E-state index contributed by atoms with van der Waals surface area (Å²) in [7, 11) is 2.09. The van der Waals surface area contributed by atoms with E-state index in [1.807, 2.05) is 11.3 Å². The molecule has 0 spiro atoms. The molecule has 0 radical (unpaired) electrons. The van der Waals surface area contributed by atoms with Gasteiger partial charge < -0.3 is 5.32 Å². The van der Waals surface area contributed by atoms with Crippen LogP contribution in [0.2, 0.25) is 0 Å². The van der Waals surface area contributed by atoms with E-state index in [0.717, 1.165) is 0 Å². The van der Waals surface area contributed by atoms with Gasteiger partial charge in [0.25, 0.3) is 0 Å². The van der Waals surface area contributed by atoms with Gasteiger partial charge in [0, 0.05) is 15.8 Å². The predicted octanol–water partition coefficient (Wildman–Crippen LogP) is 3.69. The quantitative estimate of drug-likeness (QED) is 0.803. The maximum atomic E-state index is 3.45. The number of aryl methyl sites for hydroxylation is 2. The van der Waals surface area contributed by atoms with Gasteiger partial charge in [-0.1, -0.05) is 19.8 Å². The van der Waals surface area contributed by atoms with E-state index in [4.69, 9.17) is 0 Å². The minimum absolute atomic E-state index is 0.598. The Morgan fingerprint density at radius 1 is 1.47 bits per heavy atom. The maximum Gasteiger partial charge on any atom is 0.0412 e. The Kier molecular flexibility index (Phi) is 3.81. The highest BCUT2D eigenvalue weighted by molar-refractivity contribution is 7.12. The first-order valence-corrected chi connectivity index (χ1v) is 6.95. The highest BCUT2D eigenvalue weighted by Crippen LogP contribution is 2.35. The van der Waals surface area contributed by atoms with Crippen molar-refractivity contribution in [3.8, 4) is 0 Å². The molecule has 1 heterocycles. The van der Waals surface area contributed by atoms with Crippen LogP contribution in [0.25, 0.3) is 0 Å². The topological polar surface area (TPSA) is 12.0 Å². The van der Waals surface area contributed by atoms with Gasteiger partial charge in [0.2, 0.25) is 0 Å². The molecule has 0 saturated carbocycles. The lowest BCUT2D eigenvalue weighted by Gasteiger charge is -2.13. The Morgan fingerprint density at radius 3 is 3.00 bits per heavy atom. The van der Waals surface area contributed by atoms with E-state index in [2.05, 4.69) is 25.4 Å². The lowest BCUT2D eigenvalue weighted by Crippen LogP contribution is -2.14. The van der Waals surface area contributed by atoms with Gasteiger partial charge in [-0.2, -0.15) is 0 Å². The molecule has 0 fully saturated rings. The third kappa shape index (κ3) is 2.43. The van der Waals surface area contributed by atoms with Crippen molar-refractivity contribution in [2.45, 2.75) is 51.5 Å². The van der Waals surface area contributed by atoms with E-state index in [1.165, 1.54) is 38.5 Å². The van der Waals surface area contributed by atoms with Crippen LogP contribution in [-0.4, -0.2) is 7.05 Å². The summed E-state index contributed by atoms with van der Waals surface area (Å²) in [6.07, 6.45) is 7.92. The smallest absolute Gasteiger partial charge is 0.0412 e. The summed E-state index contributed by atoms with van der Waals surface area (Å²) < 4.78 is 0. The van der Waals surface area contributed by atoms with Crippen molar-refractivity contribution < 1.29 is 0 Å². The van der Waals surface area contributed by atoms with Gasteiger partial charge in [-0.3, -0.25) is 0 Å². The molecule has 84 valence electrons. The summed E-state index contributed by atoms with van der Waals surface area (Å²) in [5.74, 6) is 0. The zero-order valence-corrected chi connectivity index (χ0v) is 10.6. The van der Waals surface area contributed by atoms with Gasteiger partial charge in [-0.05, 0) is 44.4 Å². The van der Waals surface area contributed by atoms with Crippen LogP contribution in [0.1, 0.15) is 54.0 Å². The van der Waals surface area contributed by atoms with Crippen molar-refractivity contribution in [2.24, 2.45) is 0 Å². The largest absolute Gasteiger partial charge is 0.312 e. The van der Waals surface area contributed by atoms with Crippen molar-refractivity contribution in [3.05, 3.63) is 21.4 Å². The molecule has 1 aliphatic carbocycles. The van der Waals surface area contributed by atoms with Crippen LogP contribution in [0.3, 0.4) is 0 Å². The van der Waals surface area contributed by atoms with E-state index in [-0.39, 0.29) is 0 Å². The zero-order chi connectivity index (χ0) is 10.7. The number of fused-ring (bicyclic) bond motifs is 1. The first-order chi connectivity index (χ1) is 7.35. The second kappa shape index (κ2) is 5.13. The average molecular weight is 223 g/mol. The summed E-state index contributed by atoms with van der Waals surface area (Å²) in [6.45, 7) is 2.27. The first-order valence-electron chi connectivity index (χ1n) is 6.14. The van der Waals surface area contributed by atoms with Gasteiger partial charge >= 0.3 is 0 Å². The summed E-state index contributed by atoms with van der Waals surface area (Å²) in [4.78, 5) is 3.22. The van der Waals surface area contributed by atoms with Crippen molar-refractivity contribution in [2.75, 3.05) is 7.05 Å². The van der Waals surface area contributed by atoms with E-state index >= 15 is 0 Å². The molecule has 0 aromatic carbocycles. The molecular formula is C13H21NS. The fraction of sp³-hybridized carbons (Fsp3) is 0.692. The molecular weight excluding hydrogens is 202 g/mol. The highest BCUT2D eigenvalue weighted by Gasteiger charge is 2.18. The molecule has 0 saturated heterocycles. The molecule has 1 aliphatic rings. The van der Waals surface area contributed by atoms with Crippen molar-refractivity contribution in [1.82, 2.24) is 5.32 Å². The molecule has 1 aromatic heterocycles. The number of nitrogens with one attached hydrogen (secondary N) is 1. The third-order valence-electron chi connectivity index (χ3n) is 3.30. The molecule has 15 heavy (non-hydrogen) atoms. The lowest BCUT2D eigenvalue weighted by atomic mass is 10.1. The molecule has 1 atom stereocenters. The molecule has 0 aliphatic heterocycles. The zero-order valence-electron chi connectivity index (χ0n) is 9.81. The molecule has 2 rings (SSSR count). The van der Waals surface area contributed by atoms with Gasteiger partial charge in [-0.25, -0.2) is 0 Å². The standard InChI is InChI=1S/C13H21NS/c1-3-4-7-11(14-2)13-9-10-6-5-8-12(10)15-13/h9,11,14H,3-8H2,1-2H3. The number of unbranched alkanes of at least 4 members (excludes halogenated alkanes) is 1. The van der Waals surface area contributed by atoms with Crippen molar-refractivity contribution in [1.29, 1.82) is 0 Å². The summed E-state index contributed by atoms with van der Waals surface area (Å²) in [5, 5.41) is 3.45. The third-order valence-corrected chi connectivity index (χ3v) is 4.65. The Bertz CT molecular complexity index is 295. The summed E-state index contributed by atoms with van der Waals surface area (Å²) in [6, 6.07) is 3.05. The second-order valence-electron chi connectivity index (χ2n) is 4.43. The molecule has 0 amide bonds. The van der Waals surface area contributed by atoms with Crippen LogP contribution >= 0.6 is 11.3 Å². The summed E-state index contributed by atoms with van der Waals surface area (Å²) >= 11 is 2.04. The summed E-state index contributed by atoms with van der Waals surface area (Å²) in [5.41, 5.74) is 1.63. The SMILES string of the molecule is CCCCC(NC)c1cc2c(s1)CCC2. The van der Waals surface area contributed by atoms with Gasteiger partial charge in [0.1, 0.15) is 0 Å². The normalized spacial score (nSPS) is 16.7. The lowest BCUT2D eigenvalue weighted by molar-refractivity contribution is 0.530. The van der Waals surface area contributed by atoms with Gasteiger partial charge in [0.15, 0.2) is 0 Å². The number of hydrogen-bond acceptors (Lipinski definition) is 2. The van der Waals surface area contributed by atoms with Crippen LogP contribution in [0, 0.1) is 0 Å². The minimum Gasteiger partial charge on any atom is -0.312 e. The monoisotopic (exact) mass is 223 g/mol.